The first-order chi connectivity index (χ1) is 11.6. The minimum absolute atomic E-state index is 0.0250. The van der Waals surface area contributed by atoms with Crippen LogP contribution in [0.2, 0.25) is 0 Å². The van der Waals surface area contributed by atoms with Crippen molar-refractivity contribution in [3.05, 3.63) is 64.7 Å². The normalized spacial score (nSPS) is 11.8. The largest absolute Gasteiger partial charge is 0.496 e. The average molecular weight is 325 g/mol. The van der Waals surface area contributed by atoms with Crippen molar-refractivity contribution >= 4 is 5.91 Å². The van der Waals surface area contributed by atoms with Crippen molar-refractivity contribution in [2.75, 3.05) is 7.11 Å². The number of aryl methyl sites for hydroxylation is 2. The number of methoxy groups -OCH3 is 1. The first kappa shape index (κ1) is 18.1. The van der Waals surface area contributed by atoms with Crippen LogP contribution in [0.3, 0.4) is 0 Å². The summed E-state index contributed by atoms with van der Waals surface area (Å²) in [5.41, 5.74) is 4.54. The average Bonchev–Trinajstić information content (AvgIpc) is 2.60. The van der Waals surface area contributed by atoms with E-state index in [0.29, 0.717) is 6.42 Å². The molecule has 3 nitrogen and oxygen atoms in total. The van der Waals surface area contributed by atoms with Gasteiger partial charge in [-0.15, -0.1) is 0 Å². The lowest BCUT2D eigenvalue weighted by molar-refractivity contribution is -0.121. The van der Waals surface area contributed by atoms with Crippen LogP contribution in [-0.4, -0.2) is 13.0 Å². The van der Waals surface area contributed by atoms with E-state index >= 15 is 0 Å². The molecule has 24 heavy (non-hydrogen) atoms. The molecule has 0 fully saturated rings. The first-order valence-electron chi connectivity index (χ1n) is 8.59. The van der Waals surface area contributed by atoms with Crippen LogP contribution >= 0.6 is 0 Å². The van der Waals surface area contributed by atoms with Crippen LogP contribution < -0.4 is 10.1 Å². The Labute approximate surface area is 145 Å². The van der Waals surface area contributed by atoms with E-state index in [1.54, 1.807) is 7.11 Å². The zero-order chi connectivity index (χ0) is 17.5. The molecule has 0 saturated heterocycles. The minimum Gasteiger partial charge on any atom is -0.496 e. The molecular formula is C21H27NO2. The fourth-order valence-corrected chi connectivity index (χ4v) is 2.86. The molecule has 0 bridgehead atoms. The standard InChI is InChI=1S/C21H27NO2/c1-5-16-7-9-17(10-8-16)14-21(23)22-19(6-2)18-11-12-20(24-4)15(3)13-18/h7-13,19H,5-6,14H2,1-4H3,(H,22,23). The van der Waals surface area contributed by atoms with Crippen molar-refractivity contribution < 1.29 is 9.53 Å². The maximum Gasteiger partial charge on any atom is 0.224 e. The summed E-state index contributed by atoms with van der Waals surface area (Å²) < 4.78 is 5.30. The summed E-state index contributed by atoms with van der Waals surface area (Å²) in [5, 5.41) is 3.15. The Kier molecular flexibility index (Phi) is 6.42. The summed E-state index contributed by atoms with van der Waals surface area (Å²) >= 11 is 0. The molecule has 2 rings (SSSR count). The van der Waals surface area contributed by atoms with Crippen molar-refractivity contribution in [2.24, 2.45) is 0 Å². The highest BCUT2D eigenvalue weighted by atomic mass is 16.5. The Balaban J connectivity index is 2.03. The van der Waals surface area contributed by atoms with Crippen LogP contribution in [0.5, 0.6) is 5.75 Å². The predicted molar refractivity (Wildman–Crippen MR) is 98.4 cm³/mol. The highest BCUT2D eigenvalue weighted by Gasteiger charge is 2.14. The van der Waals surface area contributed by atoms with Crippen LogP contribution in [0.1, 0.15) is 48.6 Å². The molecule has 0 saturated carbocycles. The molecule has 0 aromatic heterocycles. The summed E-state index contributed by atoms with van der Waals surface area (Å²) in [6, 6.07) is 14.4. The van der Waals surface area contributed by atoms with E-state index in [0.717, 1.165) is 35.3 Å². The summed E-state index contributed by atoms with van der Waals surface area (Å²) in [6.07, 6.45) is 2.28. The molecule has 0 heterocycles. The van der Waals surface area contributed by atoms with Gasteiger partial charge in [0.15, 0.2) is 0 Å². The van der Waals surface area contributed by atoms with Gasteiger partial charge in [-0.25, -0.2) is 0 Å². The molecule has 1 N–H and O–H groups in total. The molecular weight excluding hydrogens is 298 g/mol. The molecule has 128 valence electrons. The minimum atomic E-state index is 0.0250. The van der Waals surface area contributed by atoms with Crippen molar-refractivity contribution in [1.82, 2.24) is 5.32 Å². The van der Waals surface area contributed by atoms with E-state index in [1.807, 2.05) is 31.2 Å². The summed E-state index contributed by atoms with van der Waals surface area (Å²) in [4.78, 5) is 12.4. The number of hydrogen-bond donors (Lipinski definition) is 1. The Bertz CT molecular complexity index is 677. The number of hydrogen-bond acceptors (Lipinski definition) is 2. The topological polar surface area (TPSA) is 38.3 Å². The fourth-order valence-electron chi connectivity index (χ4n) is 2.86. The van der Waals surface area contributed by atoms with Crippen molar-refractivity contribution in [1.29, 1.82) is 0 Å². The number of carbonyl (C=O) groups is 1. The van der Waals surface area contributed by atoms with Gasteiger partial charge in [0, 0.05) is 0 Å². The molecule has 1 unspecified atom stereocenters. The van der Waals surface area contributed by atoms with Gasteiger partial charge in [0.05, 0.1) is 19.6 Å². The van der Waals surface area contributed by atoms with Gasteiger partial charge in [0.1, 0.15) is 5.75 Å². The quantitative estimate of drug-likeness (QED) is 0.820. The summed E-state index contributed by atoms with van der Waals surface area (Å²) in [6.45, 7) is 6.23. The predicted octanol–water partition coefficient (Wildman–Crippen LogP) is 4.38. The molecule has 0 aliphatic heterocycles. The third kappa shape index (κ3) is 4.60. The highest BCUT2D eigenvalue weighted by molar-refractivity contribution is 5.79. The van der Waals surface area contributed by atoms with Crippen LogP contribution in [-0.2, 0) is 17.6 Å². The third-order valence-corrected chi connectivity index (χ3v) is 4.36. The smallest absolute Gasteiger partial charge is 0.224 e. The SMILES string of the molecule is CCc1ccc(CC(=O)NC(CC)c2ccc(OC)c(C)c2)cc1. The zero-order valence-electron chi connectivity index (χ0n) is 15.1. The van der Waals surface area contributed by atoms with Crippen LogP contribution in [0.25, 0.3) is 0 Å². The van der Waals surface area contributed by atoms with Gasteiger partial charge in [0.2, 0.25) is 5.91 Å². The van der Waals surface area contributed by atoms with Gasteiger partial charge in [-0.1, -0.05) is 50.2 Å². The number of amides is 1. The van der Waals surface area contributed by atoms with E-state index in [4.69, 9.17) is 4.74 Å². The van der Waals surface area contributed by atoms with E-state index in [-0.39, 0.29) is 11.9 Å². The van der Waals surface area contributed by atoms with Crippen molar-refractivity contribution in [3.8, 4) is 5.75 Å². The molecule has 1 amide bonds. The number of rotatable bonds is 7. The second-order valence-electron chi connectivity index (χ2n) is 6.10. The number of ether oxygens (including phenoxy) is 1. The van der Waals surface area contributed by atoms with Gasteiger partial charge in [-0.05, 0) is 48.1 Å². The Morgan fingerprint density at radius 2 is 1.75 bits per heavy atom. The molecule has 2 aromatic carbocycles. The van der Waals surface area contributed by atoms with E-state index in [2.05, 4.69) is 37.4 Å². The Morgan fingerprint density at radius 3 is 2.29 bits per heavy atom. The number of nitrogens with one attached hydrogen (secondary N) is 1. The lowest BCUT2D eigenvalue weighted by atomic mass is 10.0. The monoisotopic (exact) mass is 325 g/mol. The molecule has 0 spiro atoms. The van der Waals surface area contributed by atoms with E-state index in [1.165, 1.54) is 5.56 Å². The highest BCUT2D eigenvalue weighted by Crippen LogP contribution is 2.24. The van der Waals surface area contributed by atoms with Gasteiger partial charge in [-0.2, -0.15) is 0 Å². The Hall–Kier alpha value is -2.29. The van der Waals surface area contributed by atoms with Crippen LogP contribution in [0.15, 0.2) is 42.5 Å². The van der Waals surface area contributed by atoms with Gasteiger partial charge in [-0.3, -0.25) is 4.79 Å². The summed E-state index contributed by atoms with van der Waals surface area (Å²) in [5.74, 6) is 0.926. The maximum absolute atomic E-state index is 12.4. The second-order valence-corrected chi connectivity index (χ2v) is 6.10. The van der Waals surface area contributed by atoms with Crippen molar-refractivity contribution in [2.45, 2.75) is 46.1 Å². The zero-order valence-corrected chi connectivity index (χ0v) is 15.1. The van der Waals surface area contributed by atoms with Crippen LogP contribution in [0, 0.1) is 6.92 Å². The summed E-state index contributed by atoms with van der Waals surface area (Å²) in [7, 11) is 1.67. The molecule has 0 radical (unpaired) electrons. The number of benzene rings is 2. The lowest BCUT2D eigenvalue weighted by Crippen LogP contribution is -2.29. The Morgan fingerprint density at radius 1 is 1.08 bits per heavy atom. The van der Waals surface area contributed by atoms with Gasteiger partial charge >= 0.3 is 0 Å². The van der Waals surface area contributed by atoms with Crippen molar-refractivity contribution in [3.63, 3.8) is 0 Å². The second kappa shape index (κ2) is 8.53. The third-order valence-electron chi connectivity index (χ3n) is 4.36. The molecule has 0 aliphatic rings. The molecule has 1 atom stereocenters. The van der Waals surface area contributed by atoms with Crippen LogP contribution in [0.4, 0.5) is 0 Å². The number of carbonyl (C=O) groups excluding carboxylic acids is 1. The van der Waals surface area contributed by atoms with Gasteiger partial charge in [0.25, 0.3) is 0 Å². The first-order valence-corrected chi connectivity index (χ1v) is 8.59. The maximum atomic E-state index is 12.4. The fraction of sp³-hybridized carbons (Fsp3) is 0.381. The molecule has 3 heteroatoms. The molecule has 2 aromatic rings. The van der Waals surface area contributed by atoms with Gasteiger partial charge < -0.3 is 10.1 Å². The van der Waals surface area contributed by atoms with E-state index < -0.39 is 0 Å². The molecule has 0 aliphatic carbocycles. The van der Waals surface area contributed by atoms with E-state index in [9.17, 15) is 4.79 Å². The lowest BCUT2D eigenvalue weighted by Gasteiger charge is -2.19.